The van der Waals surface area contributed by atoms with Crippen molar-refractivity contribution < 1.29 is 12.3 Å². The van der Waals surface area contributed by atoms with Crippen molar-refractivity contribution in [2.24, 2.45) is 0 Å². The van der Waals surface area contributed by atoms with E-state index in [2.05, 4.69) is 6.07 Å². The fourth-order valence-corrected chi connectivity index (χ4v) is 3.00. The molecule has 1 atom stereocenters. The summed E-state index contributed by atoms with van der Waals surface area (Å²) < 4.78 is 33.5. The lowest BCUT2D eigenvalue weighted by Gasteiger charge is -2.24. The fourth-order valence-electron chi connectivity index (χ4n) is 2.44. The van der Waals surface area contributed by atoms with Gasteiger partial charge in [-0.25, -0.2) is 0 Å². The van der Waals surface area contributed by atoms with Gasteiger partial charge in [-0.3, -0.25) is 0 Å². The maximum absolute atomic E-state index is 12.5. The summed E-state index contributed by atoms with van der Waals surface area (Å²) in [4.78, 5) is 0. The van der Waals surface area contributed by atoms with Crippen molar-refractivity contribution >= 4 is 10.2 Å². The molecular formula is C12H15FO2S. The van der Waals surface area contributed by atoms with Crippen LogP contribution in [-0.2, 0) is 16.6 Å². The Morgan fingerprint density at radius 2 is 2.06 bits per heavy atom. The smallest absolute Gasteiger partial charge is 0.195 e. The van der Waals surface area contributed by atoms with Crippen molar-refractivity contribution in [3.63, 3.8) is 0 Å². The maximum Gasteiger partial charge on any atom is 0.302 e. The summed E-state index contributed by atoms with van der Waals surface area (Å²) in [5.41, 5.74) is 2.49. The molecular weight excluding hydrogens is 227 g/mol. The predicted molar refractivity (Wildman–Crippen MR) is 61.6 cm³/mol. The molecule has 0 heterocycles. The van der Waals surface area contributed by atoms with Crippen molar-refractivity contribution in [1.29, 1.82) is 0 Å². The molecule has 88 valence electrons. The van der Waals surface area contributed by atoms with Crippen LogP contribution in [0.1, 0.15) is 36.3 Å². The molecule has 1 aromatic rings. The summed E-state index contributed by atoms with van der Waals surface area (Å²) >= 11 is 0. The molecule has 1 aliphatic rings. The fraction of sp³-hybridized carbons (Fsp3) is 0.500. The van der Waals surface area contributed by atoms with E-state index in [1.54, 1.807) is 0 Å². The summed E-state index contributed by atoms with van der Waals surface area (Å²) in [6.45, 7) is 0. The highest BCUT2D eigenvalue weighted by atomic mass is 32.3. The van der Waals surface area contributed by atoms with Crippen LogP contribution in [0.25, 0.3) is 0 Å². The molecule has 0 spiro atoms. The number of hydrogen-bond acceptors (Lipinski definition) is 2. The topological polar surface area (TPSA) is 34.1 Å². The summed E-state index contributed by atoms with van der Waals surface area (Å²) in [5, 5.41) is 0. The predicted octanol–water partition coefficient (Wildman–Crippen LogP) is 2.80. The van der Waals surface area contributed by atoms with Gasteiger partial charge >= 0.3 is 10.2 Å². The Kier molecular flexibility index (Phi) is 3.28. The zero-order valence-electron chi connectivity index (χ0n) is 9.02. The van der Waals surface area contributed by atoms with Gasteiger partial charge in [-0.2, -0.15) is 8.42 Å². The van der Waals surface area contributed by atoms with E-state index < -0.39 is 10.2 Å². The van der Waals surface area contributed by atoms with Gasteiger partial charge in [0, 0.05) is 0 Å². The van der Waals surface area contributed by atoms with Crippen molar-refractivity contribution in [3.05, 3.63) is 35.4 Å². The van der Waals surface area contributed by atoms with E-state index in [9.17, 15) is 12.3 Å². The normalized spacial score (nSPS) is 20.4. The van der Waals surface area contributed by atoms with E-state index in [1.165, 1.54) is 11.1 Å². The quantitative estimate of drug-likeness (QED) is 0.764. The highest BCUT2D eigenvalue weighted by molar-refractivity contribution is 7.86. The molecule has 0 fully saturated rings. The molecule has 0 radical (unpaired) electrons. The van der Waals surface area contributed by atoms with Crippen LogP contribution in [0, 0.1) is 0 Å². The average Bonchev–Trinajstić information content (AvgIpc) is 2.25. The first-order valence-electron chi connectivity index (χ1n) is 5.56. The van der Waals surface area contributed by atoms with Gasteiger partial charge in [0.1, 0.15) is 0 Å². The Morgan fingerprint density at radius 1 is 1.31 bits per heavy atom. The largest absolute Gasteiger partial charge is 0.302 e. The minimum atomic E-state index is -4.33. The van der Waals surface area contributed by atoms with Crippen LogP contribution < -0.4 is 0 Å². The van der Waals surface area contributed by atoms with Crippen LogP contribution in [0.15, 0.2) is 24.3 Å². The third kappa shape index (κ3) is 2.82. The summed E-state index contributed by atoms with van der Waals surface area (Å²) in [5.74, 6) is -0.151. The van der Waals surface area contributed by atoms with Crippen LogP contribution in [0.2, 0.25) is 0 Å². The van der Waals surface area contributed by atoms with Gasteiger partial charge in [0.2, 0.25) is 0 Å². The van der Waals surface area contributed by atoms with Crippen LogP contribution in [0.5, 0.6) is 0 Å². The molecule has 0 bridgehead atoms. The van der Waals surface area contributed by atoms with E-state index in [1.807, 2.05) is 18.2 Å². The Bertz CT molecular complexity index is 468. The molecule has 0 amide bonds. The first-order valence-corrected chi connectivity index (χ1v) is 7.12. The van der Waals surface area contributed by atoms with Gasteiger partial charge in [0.15, 0.2) is 0 Å². The number of rotatable bonds is 3. The molecule has 0 saturated heterocycles. The van der Waals surface area contributed by atoms with Crippen molar-refractivity contribution in [3.8, 4) is 0 Å². The molecule has 16 heavy (non-hydrogen) atoms. The molecule has 4 heteroatoms. The second kappa shape index (κ2) is 4.53. The van der Waals surface area contributed by atoms with Gasteiger partial charge in [0.25, 0.3) is 0 Å². The minimum Gasteiger partial charge on any atom is -0.195 e. The van der Waals surface area contributed by atoms with Crippen LogP contribution >= 0.6 is 0 Å². The average molecular weight is 242 g/mol. The third-order valence-corrected chi connectivity index (χ3v) is 3.93. The number of aryl methyl sites for hydroxylation is 1. The molecule has 1 aliphatic carbocycles. The van der Waals surface area contributed by atoms with Crippen LogP contribution in [-0.4, -0.2) is 14.2 Å². The van der Waals surface area contributed by atoms with Gasteiger partial charge in [-0.15, -0.1) is 3.89 Å². The highest BCUT2D eigenvalue weighted by Gasteiger charge is 2.21. The Morgan fingerprint density at radius 3 is 2.81 bits per heavy atom. The van der Waals surface area contributed by atoms with Gasteiger partial charge in [-0.1, -0.05) is 24.3 Å². The second-order valence-corrected chi connectivity index (χ2v) is 5.81. The number of fused-ring (bicyclic) bond motifs is 1. The molecule has 2 rings (SSSR count). The third-order valence-electron chi connectivity index (χ3n) is 3.20. The second-order valence-electron chi connectivity index (χ2n) is 4.32. The van der Waals surface area contributed by atoms with E-state index in [0.717, 1.165) is 19.3 Å². The molecule has 2 nitrogen and oxygen atoms in total. The summed E-state index contributed by atoms with van der Waals surface area (Å²) in [6.07, 6.45) is 3.48. The van der Waals surface area contributed by atoms with Gasteiger partial charge in [0.05, 0.1) is 5.75 Å². The Labute approximate surface area is 95.7 Å². The lowest BCUT2D eigenvalue weighted by Crippen LogP contribution is -2.13. The Balaban J connectivity index is 2.13. The van der Waals surface area contributed by atoms with Crippen molar-refractivity contribution in [1.82, 2.24) is 0 Å². The standard InChI is InChI=1S/C12H15FO2S/c13-16(14,15)9-8-11-6-3-5-10-4-1-2-7-12(10)11/h1-2,4,7,11H,3,5-6,8-9H2. The SMILES string of the molecule is O=S(=O)(F)CCC1CCCc2ccccc21. The van der Waals surface area contributed by atoms with Crippen LogP contribution in [0.3, 0.4) is 0 Å². The molecule has 0 saturated carbocycles. The lowest BCUT2D eigenvalue weighted by atomic mass is 9.81. The molecule has 0 aliphatic heterocycles. The monoisotopic (exact) mass is 242 g/mol. The number of benzene rings is 1. The summed E-state index contributed by atoms with van der Waals surface area (Å²) in [7, 11) is -4.33. The number of halogens is 1. The van der Waals surface area contributed by atoms with Crippen molar-refractivity contribution in [2.45, 2.75) is 31.6 Å². The van der Waals surface area contributed by atoms with E-state index >= 15 is 0 Å². The maximum atomic E-state index is 12.5. The molecule has 0 aromatic heterocycles. The zero-order valence-corrected chi connectivity index (χ0v) is 9.84. The van der Waals surface area contributed by atoms with E-state index in [0.29, 0.717) is 6.42 Å². The van der Waals surface area contributed by atoms with Gasteiger partial charge < -0.3 is 0 Å². The summed E-state index contributed by atoms with van der Waals surface area (Å²) in [6, 6.07) is 8.06. The van der Waals surface area contributed by atoms with E-state index in [-0.39, 0.29) is 11.7 Å². The molecule has 0 N–H and O–H groups in total. The molecule has 1 aromatic carbocycles. The first kappa shape index (κ1) is 11.6. The van der Waals surface area contributed by atoms with E-state index in [4.69, 9.17) is 0 Å². The minimum absolute atomic E-state index is 0.204. The van der Waals surface area contributed by atoms with Crippen LogP contribution in [0.4, 0.5) is 3.89 Å². The lowest BCUT2D eigenvalue weighted by molar-refractivity contribution is 0.516. The highest BCUT2D eigenvalue weighted by Crippen LogP contribution is 2.33. The first-order chi connectivity index (χ1) is 7.56. The van der Waals surface area contributed by atoms with Gasteiger partial charge in [-0.05, 0) is 42.7 Å². The van der Waals surface area contributed by atoms with Crippen molar-refractivity contribution in [2.75, 3.05) is 5.75 Å². The molecule has 1 unspecified atom stereocenters. The number of hydrogen-bond donors (Lipinski definition) is 0. The zero-order chi connectivity index (χ0) is 11.6. The Hall–Kier alpha value is -0.900.